The molecular weight excluding hydrogens is 420 g/mol. The van der Waals surface area contributed by atoms with E-state index in [4.69, 9.17) is 5.73 Å². The zero-order chi connectivity index (χ0) is 22.1. The first-order chi connectivity index (χ1) is 15.6. The van der Waals surface area contributed by atoms with E-state index in [0.29, 0.717) is 31.3 Å². The molecule has 1 amide bonds. The molecule has 32 heavy (non-hydrogen) atoms. The van der Waals surface area contributed by atoms with Crippen molar-refractivity contribution in [1.29, 1.82) is 0 Å². The number of nitrogen functional groups attached to an aromatic ring is 1. The lowest BCUT2D eigenvalue weighted by Gasteiger charge is -2.34. The quantitative estimate of drug-likeness (QED) is 0.517. The van der Waals surface area contributed by atoms with Crippen molar-refractivity contribution in [2.75, 3.05) is 31.9 Å². The van der Waals surface area contributed by atoms with Gasteiger partial charge in [0.25, 0.3) is 5.91 Å². The molecule has 8 heteroatoms. The molecule has 4 aromatic rings. The van der Waals surface area contributed by atoms with Crippen molar-refractivity contribution in [2.24, 2.45) is 0 Å². The van der Waals surface area contributed by atoms with Crippen LogP contribution in [0.25, 0.3) is 21.5 Å². The van der Waals surface area contributed by atoms with Gasteiger partial charge in [0.1, 0.15) is 21.5 Å². The van der Waals surface area contributed by atoms with Crippen LogP contribution in [0.15, 0.2) is 54.6 Å². The van der Waals surface area contributed by atoms with Crippen molar-refractivity contribution >= 4 is 34.0 Å². The van der Waals surface area contributed by atoms with Gasteiger partial charge in [0, 0.05) is 37.1 Å². The van der Waals surface area contributed by atoms with E-state index in [1.165, 1.54) is 11.3 Å². The Morgan fingerprint density at radius 1 is 0.969 bits per heavy atom. The molecule has 0 bridgehead atoms. The number of benzene rings is 2. The fourth-order valence-electron chi connectivity index (χ4n) is 3.97. The van der Waals surface area contributed by atoms with E-state index in [-0.39, 0.29) is 5.91 Å². The Balaban J connectivity index is 1.24. The monoisotopic (exact) mass is 444 g/mol. The lowest BCUT2D eigenvalue weighted by atomic mass is 10.2. The third-order valence-electron chi connectivity index (χ3n) is 5.72. The molecule has 0 atom stereocenters. The number of rotatable bonds is 4. The number of nitrogens with two attached hydrogens (primary N) is 1. The number of amides is 1. The zero-order valence-corrected chi connectivity index (χ0v) is 18.7. The van der Waals surface area contributed by atoms with Gasteiger partial charge in [-0.15, -0.1) is 11.3 Å². The molecule has 1 fully saturated rings. The van der Waals surface area contributed by atoms with Crippen LogP contribution >= 0.6 is 11.3 Å². The Morgan fingerprint density at radius 3 is 2.47 bits per heavy atom. The highest BCUT2D eigenvalue weighted by atomic mass is 32.1. The maximum Gasteiger partial charge on any atom is 0.265 e. The molecule has 1 aliphatic heterocycles. The highest BCUT2D eigenvalue weighted by Gasteiger charge is 2.26. The number of hydrogen-bond acceptors (Lipinski definition) is 7. The number of carbonyl (C=O) groups excluding carboxylic acids is 1. The van der Waals surface area contributed by atoms with Crippen LogP contribution in [0.2, 0.25) is 0 Å². The molecule has 1 aliphatic rings. The van der Waals surface area contributed by atoms with Crippen molar-refractivity contribution in [2.45, 2.75) is 13.5 Å². The minimum Gasteiger partial charge on any atom is -0.383 e. The van der Waals surface area contributed by atoms with Crippen LogP contribution in [-0.4, -0.2) is 56.8 Å². The molecule has 162 valence electrons. The van der Waals surface area contributed by atoms with Crippen molar-refractivity contribution < 1.29 is 4.79 Å². The highest BCUT2D eigenvalue weighted by molar-refractivity contribution is 7.17. The van der Waals surface area contributed by atoms with Gasteiger partial charge in [0.2, 0.25) is 0 Å². The fourth-order valence-corrected chi connectivity index (χ4v) is 5.01. The van der Waals surface area contributed by atoms with Crippen molar-refractivity contribution in [1.82, 2.24) is 24.8 Å². The summed E-state index contributed by atoms with van der Waals surface area (Å²) in [6.45, 7) is 5.40. The minimum absolute atomic E-state index is 0.0630. The molecule has 7 nitrogen and oxygen atoms in total. The number of anilines is 1. The molecule has 5 rings (SSSR count). The first-order valence-electron chi connectivity index (χ1n) is 10.6. The van der Waals surface area contributed by atoms with Gasteiger partial charge in [0.15, 0.2) is 0 Å². The number of aromatic nitrogens is 3. The largest absolute Gasteiger partial charge is 0.383 e. The number of nitrogens with zero attached hydrogens (tertiary/aromatic N) is 5. The Bertz CT molecular complexity index is 1260. The normalized spacial score (nSPS) is 14.7. The molecule has 0 aliphatic carbocycles. The number of carbonyl (C=O) groups is 1. The molecular formula is C24H24N6OS. The summed E-state index contributed by atoms with van der Waals surface area (Å²) in [5.74, 6) is 1.29. The molecule has 2 N–H and O–H groups in total. The van der Waals surface area contributed by atoms with E-state index in [9.17, 15) is 4.79 Å². The second-order valence-electron chi connectivity index (χ2n) is 7.91. The van der Waals surface area contributed by atoms with Crippen molar-refractivity contribution in [3.8, 4) is 10.6 Å². The van der Waals surface area contributed by atoms with Crippen LogP contribution in [0, 0.1) is 6.92 Å². The average molecular weight is 445 g/mol. The van der Waals surface area contributed by atoms with E-state index in [0.717, 1.165) is 45.1 Å². The summed E-state index contributed by atoms with van der Waals surface area (Å²) >= 11 is 1.47. The van der Waals surface area contributed by atoms with Gasteiger partial charge >= 0.3 is 0 Å². The topological polar surface area (TPSA) is 88.2 Å². The van der Waals surface area contributed by atoms with Crippen LogP contribution in [0.3, 0.4) is 0 Å². The van der Waals surface area contributed by atoms with Crippen LogP contribution in [0.4, 0.5) is 5.82 Å². The maximum absolute atomic E-state index is 13.2. The predicted octanol–water partition coefficient (Wildman–Crippen LogP) is 3.60. The molecule has 1 saturated heterocycles. The van der Waals surface area contributed by atoms with E-state index in [2.05, 4.69) is 19.9 Å². The number of hydrogen-bond donors (Lipinski definition) is 1. The third kappa shape index (κ3) is 4.06. The Labute approximate surface area is 190 Å². The van der Waals surface area contributed by atoms with Gasteiger partial charge in [0.05, 0.1) is 17.8 Å². The van der Waals surface area contributed by atoms with Crippen molar-refractivity contribution in [3.63, 3.8) is 0 Å². The summed E-state index contributed by atoms with van der Waals surface area (Å²) in [5.41, 5.74) is 8.81. The van der Waals surface area contributed by atoms with E-state index < -0.39 is 0 Å². The molecule has 0 unspecified atom stereocenters. The average Bonchev–Trinajstić information content (AvgIpc) is 3.21. The number of piperazine rings is 1. The first kappa shape index (κ1) is 20.5. The van der Waals surface area contributed by atoms with Crippen LogP contribution in [0.5, 0.6) is 0 Å². The summed E-state index contributed by atoms with van der Waals surface area (Å²) in [7, 11) is 0. The number of thiazole rings is 1. The SMILES string of the molecule is Cc1nc(-c2ccccc2)sc1C(=O)N1CCN(Cc2nc(N)c3ccccc3n2)CC1. The fraction of sp³-hybridized carbons (Fsp3) is 0.250. The van der Waals surface area contributed by atoms with E-state index in [1.54, 1.807) is 0 Å². The number of fused-ring (bicyclic) bond motifs is 1. The Kier molecular flexibility index (Phi) is 5.55. The smallest absolute Gasteiger partial charge is 0.265 e. The first-order valence-corrected chi connectivity index (χ1v) is 11.5. The van der Waals surface area contributed by atoms with Gasteiger partial charge in [-0.1, -0.05) is 42.5 Å². The molecule has 2 aromatic heterocycles. The minimum atomic E-state index is 0.0630. The molecule has 0 saturated carbocycles. The molecule has 3 heterocycles. The second kappa shape index (κ2) is 8.64. The predicted molar refractivity (Wildman–Crippen MR) is 127 cm³/mol. The Morgan fingerprint density at radius 2 is 1.69 bits per heavy atom. The van der Waals surface area contributed by atoms with Crippen molar-refractivity contribution in [3.05, 3.63) is 71.0 Å². The molecule has 0 spiro atoms. The third-order valence-corrected chi connectivity index (χ3v) is 6.91. The van der Waals surface area contributed by atoms with Gasteiger partial charge in [-0.05, 0) is 19.1 Å². The summed E-state index contributed by atoms with van der Waals surface area (Å²) < 4.78 is 0. The zero-order valence-electron chi connectivity index (χ0n) is 17.9. The maximum atomic E-state index is 13.2. The number of para-hydroxylation sites is 1. The second-order valence-corrected chi connectivity index (χ2v) is 8.91. The molecule has 2 aromatic carbocycles. The van der Waals surface area contributed by atoms with Gasteiger partial charge in [-0.25, -0.2) is 15.0 Å². The van der Waals surface area contributed by atoms with Crippen LogP contribution in [-0.2, 0) is 6.54 Å². The highest BCUT2D eigenvalue weighted by Crippen LogP contribution is 2.29. The van der Waals surface area contributed by atoms with E-state index >= 15 is 0 Å². The van der Waals surface area contributed by atoms with Gasteiger partial charge in [-0.3, -0.25) is 9.69 Å². The van der Waals surface area contributed by atoms with Gasteiger partial charge in [-0.2, -0.15) is 0 Å². The van der Waals surface area contributed by atoms with Gasteiger partial charge < -0.3 is 10.6 Å². The summed E-state index contributed by atoms with van der Waals surface area (Å²) in [6.07, 6.45) is 0. The Hall–Kier alpha value is -3.36. The summed E-state index contributed by atoms with van der Waals surface area (Å²) in [4.78, 5) is 31.8. The standard InChI is InChI=1S/C24H24N6OS/c1-16-21(32-23(26-16)17-7-3-2-4-8-17)24(31)30-13-11-29(12-14-30)15-20-27-19-10-6-5-9-18(19)22(25)28-20/h2-10H,11-15H2,1H3,(H2,25,27,28). The lowest BCUT2D eigenvalue weighted by molar-refractivity contribution is 0.0629. The number of aryl methyl sites for hydroxylation is 1. The summed E-state index contributed by atoms with van der Waals surface area (Å²) in [6, 6.07) is 17.8. The lowest BCUT2D eigenvalue weighted by Crippen LogP contribution is -2.48. The summed E-state index contributed by atoms with van der Waals surface area (Å²) in [5, 5.41) is 1.76. The molecule has 0 radical (unpaired) electrons. The van der Waals surface area contributed by atoms with Crippen LogP contribution in [0.1, 0.15) is 21.2 Å². The van der Waals surface area contributed by atoms with E-state index in [1.807, 2.05) is 66.4 Å². The van der Waals surface area contributed by atoms with Crippen LogP contribution < -0.4 is 5.73 Å².